The number of aliphatic carboxylic acids is 3. The number of hydrogen-bond donors (Lipinski definition) is 7. The third-order valence-corrected chi connectivity index (χ3v) is 9.48. The van der Waals surface area contributed by atoms with Gasteiger partial charge in [0.1, 0.15) is 18.1 Å². The van der Waals surface area contributed by atoms with Crippen LogP contribution >= 0.6 is 0 Å². The molecule has 0 heterocycles. The van der Waals surface area contributed by atoms with Crippen LogP contribution in [0.1, 0.15) is 187 Å². The van der Waals surface area contributed by atoms with Crippen LogP contribution in [0.3, 0.4) is 0 Å². The maximum absolute atomic E-state index is 12.5. The van der Waals surface area contributed by atoms with Gasteiger partial charge in [0.05, 0.1) is 0 Å². The monoisotopic (exact) mass is 769 g/mol. The van der Waals surface area contributed by atoms with Crippen molar-refractivity contribution in [2.75, 3.05) is 6.54 Å². The second-order valence-corrected chi connectivity index (χ2v) is 14.5. The van der Waals surface area contributed by atoms with Gasteiger partial charge >= 0.3 is 17.9 Å². The van der Waals surface area contributed by atoms with Crippen LogP contribution in [0, 0.1) is 0 Å². The highest BCUT2D eigenvalue weighted by molar-refractivity contribution is 5.86. The van der Waals surface area contributed by atoms with Gasteiger partial charge in [-0.3, -0.25) is 19.2 Å². The van der Waals surface area contributed by atoms with E-state index >= 15 is 0 Å². The van der Waals surface area contributed by atoms with E-state index in [1.807, 2.05) is 0 Å². The number of unbranched alkanes of at least 4 members (excludes halogenated alkanes) is 17. The third-order valence-electron chi connectivity index (χ3n) is 9.48. The average molecular weight is 769 g/mol. The maximum Gasteiger partial charge on any atom is 0.326 e. The number of amides is 4. The molecule has 0 aromatic rings. The van der Waals surface area contributed by atoms with Crippen LogP contribution in [0.15, 0.2) is 0 Å². The van der Waals surface area contributed by atoms with E-state index in [1.165, 1.54) is 64.2 Å². The van der Waals surface area contributed by atoms with Crippen LogP contribution in [0.2, 0.25) is 0 Å². The quantitative estimate of drug-likeness (QED) is 0.0345. The summed E-state index contributed by atoms with van der Waals surface area (Å²) < 4.78 is 0. The molecule has 0 aliphatic rings. The first-order valence-corrected chi connectivity index (χ1v) is 20.7. The van der Waals surface area contributed by atoms with Crippen LogP contribution in [-0.2, 0) is 33.6 Å². The fourth-order valence-corrected chi connectivity index (χ4v) is 6.10. The Morgan fingerprint density at radius 1 is 0.370 bits per heavy atom. The molecular weight excluding hydrogens is 696 g/mol. The smallest absolute Gasteiger partial charge is 0.326 e. The lowest BCUT2D eigenvalue weighted by atomic mass is 10.1. The molecule has 3 unspecified atom stereocenters. The van der Waals surface area contributed by atoms with E-state index < -0.39 is 53.8 Å². The van der Waals surface area contributed by atoms with Gasteiger partial charge in [0, 0.05) is 32.2 Å². The van der Waals surface area contributed by atoms with Crippen molar-refractivity contribution in [1.29, 1.82) is 0 Å². The first-order chi connectivity index (χ1) is 25.9. The molecule has 0 aliphatic carbocycles. The summed E-state index contributed by atoms with van der Waals surface area (Å²) in [6.07, 6.45) is 20.3. The molecular formula is C40H72N4O10. The molecule has 14 nitrogen and oxygen atoms in total. The van der Waals surface area contributed by atoms with E-state index in [2.05, 4.69) is 35.1 Å². The van der Waals surface area contributed by atoms with Crippen LogP contribution in [-0.4, -0.2) is 81.5 Å². The zero-order valence-electron chi connectivity index (χ0n) is 33.2. The van der Waals surface area contributed by atoms with Gasteiger partial charge in [-0.15, -0.1) is 0 Å². The van der Waals surface area contributed by atoms with Crippen LogP contribution in [0.5, 0.6) is 0 Å². The minimum absolute atomic E-state index is 0.0660. The Balaban J connectivity index is 4.31. The standard InChI is InChI=1S/C40H72N4O10/c1-3-5-7-9-11-13-15-17-19-24-35(46)43-32(39(51)52)26-28-34(45)41-30-22-21-23-31(38(49)50)42-37(48)29-27-33(40(53)54)44-36(47)25-20-18-16-14-12-10-8-6-4-2/h31-33H,3-30H2,1-2H3,(H,41,45)(H,42,48)(H,43,46)(H,44,47)(H,49,50)(H,51,52)(H,53,54). The zero-order chi connectivity index (χ0) is 40.4. The molecule has 0 radical (unpaired) electrons. The van der Waals surface area contributed by atoms with Crippen LogP contribution in [0.4, 0.5) is 0 Å². The van der Waals surface area contributed by atoms with E-state index in [-0.39, 0.29) is 57.4 Å². The van der Waals surface area contributed by atoms with E-state index in [4.69, 9.17) is 0 Å². The predicted octanol–water partition coefficient (Wildman–Crippen LogP) is 6.38. The van der Waals surface area contributed by atoms with Gasteiger partial charge < -0.3 is 36.6 Å². The lowest BCUT2D eigenvalue weighted by molar-refractivity contribution is -0.143. The van der Waals surface area contributed by atoms with E-state index in [1.54, 1.807) is 0 Å². The number of hydrogen-bond acceptors (Lipinski definition) is 7. The molecule has 0 aromatic heterocycles. The molecule has 54 heavy (non-hydrogen) atoms. The molecule has 0 bridgehead atoms. The summed E-state index contributed by atoms with van der Waals surface area (Å²) in [4.78, 5) is 84.3. The number of rotatable bonds is 37. The van der Waals surface area contributed by atoms with E-state index in [0.29, 0.717) is 25.7 Å². The molecule has 0 spiro atoms. The summed E-state index contributed by atoms with van der Waals surface area (Å²) in [5, 5.41) is 38.6. The van der Waals surface area contributed by atoms with Gasteiger partial charge in [-0.25, -0.2) is 14.4 Å². The topological polar surface area (TPSA) is 228 Å². The maximum atomic E-state index is 12.5. The highest BCUT2D eigenvalue weighted by Crippen LogP contribution is 2.12. The molecule has 0 aromatic carbocycles. The molecule has 0 fully saturated rings. The lowest BCUT2D eigenvalue weighted by Gasteiger charge is -2.17. The summed E-state index contributed by atoms with van der Waals surface area (Å²) in [5.74, 6) is -5.52. The summed E-state index contributed by atoms with van der Waals surface area (Å²) in [6, 6.07) is -3.65. The highest BCUT2D eigenvalue weighted by Gasteiger charge is 2.24. The minimum Gasteiger partial charge on any atom is -0.480 e. The normalized spacial score (nSPS) is 12.6. The SMILES string of the molecule is CCCCCCCCCCCC(=O)NC(CCC(=O)NCCCCC(NC(=O)CCC(NC(=O)CCCCCCCCCCC)C(=O)O)C(=O)O)C(=O)O. The second-order valence-electron chi connectivity index (χ2n) is 14.5. The van der Waals surface area contributed by atoms with Crippen molar-refractivity contribution >= 4 is 41.5 Å². The molecule has 4 amide bonds. The molecule has 14 heteroatoms. The third kappa shape index (κ3) is 29.7. The molecule has 0 saturated heterocycles. The molecule has 0 aliphatic heterocycles. The Morgan fingerprint density at radius 3 is 1.06 bits per heavy atom. The summed E-state index contributed by atoms with van der Waals surface area (Å²) in [6.45, 7) is 4.57. The Bertz CT molecular complexity index is 1090. The van der Waals surface area contributed by atoms with Gasteiger partial charge in [0.25, 0.3) is 0 Å². The van der Waals surface area contributed by atoms with Gasteiger partial charge in [-0.2, -0.15) is 0 Å². The summed E-state index contributed by atoms with van der Waals surface area (Å²) >= 11 is 0. The molecule has 0 saturated carbocycles. The molecule has 0 rings (SSSR count). The Morgan fingerprint density at radius 2 is 0.685 bits per heavy atom. The number of carbonyl (C=O) groups excluding carboxylic acids is 4. The first-order valence-electron chi connectivity index (χ1n) is 20.7. The van der Waals surface area contributed by atoms with Gasteiger partial charge in [-0.1, -0.05) is 117 Å². The van der Waals surface area contributed by atoms with Crippen molar-refractivity contribution in [2.45, 2.75) is 205 Å². The number of carboxylic acid groups (broad SMARTS) is 3. The van der Waals surface area contributed by atoms with Crippen LogP contribution in [0.25, 0.3) is 0 Å². The largest absolute Gasteiger partial charge is 0.480 e. The van der Waals surface area contributed by atoms with Gasteiger partial charge in [0.15, 0.2) is 0 Å². The van der Waals surface area contributed by atoms with E-state index in [9.17, 15) is 48.9 Å². The van der Waals surface area contributed by atoms with Gasteiger partial charge in [-0.05, 0) is 44.9 Å². The van der Waals surface area contributed by atoms with Crippen molar-refractivity contribution in [2.24, 2.45) is 0 Å². The Kier molecular flexibility index (Phi) is 31.5. The lowest BCUT2D eigenvalue weighted by Crippen LogP contribution is -2.44. The predicted molar refractivity (Wildman–Crippen MR) is 208 cm³/mol. The molecule has 312 valence electrons. The van der Waals surface area contributed by atoms with Crippen molar-refractivity contribution in [3.8, 4) is 0 Å². The average Bonchev–Trinajstić information content (AvgIpc) is 3.12. The van der Waals surface area contributed by atoms with Crippen molar-refractivity contribution in [1.82, 2.24) is 21.3 Å². The van der Waals surface area contributed by atoms with Crippen LogP contribution < -0.4 is 21.3 Å². The number of carboxylic acids is 3. The second kappa shape index (κ2) is 33.8. The van der Waals surface area contributed by atoms with Crippen molar-refractivity contribution < 1.29 is 48.9 Å². The van der Waals surface area contributed by atoms with E-state index in [0.717, 1.165) is 38.5 Å². The van der Waals surface area contributed by atoms with Crippen molar-refractivity contribution in [3.63, 3.8) is 0 Å². The van der Waals surface area contributed by atoms with Crippen molar-refractivity contribution in [3.05, 3.63) is 0 Å². The number of carbonyl (C=O) groups is 7. The zero-order valence-corrected chi connectivity index (χ0v) is 33.2. The highest BCUT2D eigenvalue weighted by atomic mass is 16.4. The fourth-order valence-electron chi connectivity index (χ4n) is 6.10. The summed E-state index contributed by atoms with van der Waals surface area (Å²) in [5.41, 5.74) is 0. The Labute approximate surface area is 323 Å². The molecule has 3 atom stereocenters. The fraction of sp³-hybridized carbons (Fsp3) is 0.825. The minimum atomic E-state index is -1.27. The first kappa shape index (κ1) is 50.3. The summed E-state index contributed by atoms with van der Waals surface area (Å²) in [7, 11) is 0. The van der Waals surface area contributed by atoms with Gasteiger partial charge in [0.2, 0.25) is 23.6 Å². The molecule has 7 N–H and O–H groups in total. The Hall–Kier alpha value is -3.71. The number of nitrogens with one attached hydrogen (secondary N) is 4.